The molecule has 0 radical (unpaired) electrons. The lowest BCUT2D eigenvalue weighted by molar-refractivity contribution is 0.280. The van der Waals surface area contributed by atoms with E-state index in [1.54, 1.807) is 0 Å². The first-order valence-corrected chi connectivity index (χ1v) is 7.72. The van der Waals surface area contributed by atoms with Gasteiger partial charge in [-0.2, -0.15) is 0 Å². The van der Waals surface area contributed by atoms with Crippen molar-refractivity contribution in [3.63, 3.8) is 0 Å². The summed E-state index contributed by atoms with van der Waals surface area (Å²) in [6.45, 7) is 6.63. The van der Waals surface area contributed by atoms with Gasteiger partial charge in [-0.1, -0.05) is 31.2 Å². The fourth-order valence-corrected chi connectivity index (χ4v) is 2.66. The molecule has 1 aromatic rings. The SMILES string of the molecule is C=N/C(N)=c1/nc(CC)n(CCCCO)/c1=C1\C=CC=CC1. The number of aromatic nitrogens is 2. The van der Waals surface area contributed by atoms with Gasteiger partial charge in [-0.05, 0) is 31.6 Å². The average molecular weight is 300 g/mol. The Morgan fingerprint density at radius 2 is 2.27 bits per heavy atom. The molecule has 0 spiro atoms. The van der Waals surface area contributed by atoms with Gasteiger partial charge in [-0.15, -0.1) is 0 Å². The van der Waals surface area contributed by atoms with Gasteiger partial charge in [0.15, 0.2) is 5.82 Å². The van der Waals surface area contributed by atoms with E-state index in [-0.39, 0.29) is 6.61 Å². The normalized spacial score (nSPS) is 17.7. The molecule has 0 aliphatic heterocycles. The molecule has 1 aliphatic rings. The lowest BCUT2D eigenvalue weighted by atomic mass is 10.1. The molecule has 1 aromatic heterocycles. The Morgan fingerprint density at radius 1 is 1.45 bits per heavy atom. The molecule has 3 N–H and O–H groups in total. The summed E-state index contributed by atoms with van der Waals surface area (Å²) < 4.78 is 2.21. The largest absolute Gasteiger partial charge is 0.396 e. The van der Waals surface area contributed by atoms with Crippen LogP contribution >= 0.6 is 0 Å². The van der Waals surface area contributed by atoms with Crippen LogP contribution in [0, 0.1) is 0 Å². The van der Waals surface area contributed by atoms with E-state index in [2.05, 4.69) is 40.3 Å². The Hall–Kier alpha value is -2.14. The molecular weight excluding hydrogens is 276 g/mol. The maximum absolute atomic E-state index is 9.02. The minimum Gasteiger partial charge on any atom is -0.396 e. The molecule has 0 unspecified atom stereocenters. The quantitative estimate of drug-likeness (QED) is 0.597. The Bertz CT molecular complexity index is 710. The van der Waals surface area contributed by atoms with Gasteiger partial charge in [0.2, 0.25) is 0 Å². The van der Waals surface area contributed by atoms with Crippen LogP contribution in [-0.2, 0) is 13.0 Å². The van der Waals surface area contributed by atoms with Crippen molar-refractivity contribution in [1.82, 2.24) is 9.55 Å². The fourth-order valence-electron chi connectivity index (χ4n) is 2.66. The van der Waals surface area contributed by atoms with E-state index in [1.165, 1.54) is 5.57 Å². The highest BCUT2D eigenvalue weighted by molar-refractivity contribution is 5.61. The number of aliphatic hydroxyl groups excluding tert-OH is 1. The summed E-state index contributed by atoms with van der Waals surface area (Å²) >= 11 is 0. The summed E-state index contributed by atoms with van der Waals surface area (Å²) in [5.74, 6) is 1.35. The van der Waals surface area contributed by atoms with E-state index in [9.17, 15) is 0 Å². The zero-order valence-electron chi connectivity index (χ0n) is 13.1. The molecule has 2 rings (SSSR count). The van der Waals surface area contributed by atoms with Crippen molar-refractivity contribution in [3.05, 3.63) is 40.8 Å². The Labute approximate surface area is 130 Å². The predicted octanol–water partition coefficient (Wildman–Crippen LogP) is 0.610. The van der Waals surface area contributed by atoms with Crippen LogP contribution in [-0.4, -0.2) is 28.0 Å². The van der Waals surface area contributed by atoms with Crippen LogP contribution in [0.15, 0.2) is 29.3 Å². The molecule has 1 heterocycles. The number of unbranched alkanes of at least 4 members (excludes halogenated alkanes) is 1. The van der Waals surface area contributed by atoms with Crippen molar-refractivity contribution < 1.29 is 5.11 Å². The number of rotatable bonds is 6. The van der Waals surface area contributed by atoms with Crippen LogP contribution in [0.3, 0.4) is 0 Å². The Morgan fingerprint density at radius 3 is 2.86 bits per heavy atom. The van der Waals surface area contributed by atoms with E-state index < -0.39 is 0 Å². The number of nitrogens with two attached hydrogens (primary N) is 1. The molecule has 0 amide bonds. The van der Waals surface area contributed by atoms with Gasteiger partial charge in [0.05, 0.1) is 5.35 Å². The van der Waals surface area contributed by atoms with Crippen molar-refractivity contribution >= 4 is 18.1 Å². The summed E-state index contributed by atoms with van der Waals surface area (Å²) in [5.41, 5.74) is 7.19. The van der Waals surface area contributed by atoms with Gasteiger partial charge < -0.3 is 15.4 Å². The highest BCUT2D eigenvalue weighted by Crippen LogP contribution is 2.09. The minimum atomic E-state index is 0.208. The summed E-state index contributed by atoms with van der Waals surface area (Å²) in [5, 5.41) is 10.8. The summed E-state index contributed by atoms with van der Waals surface area (Å²) in [6.07, 6.45) is 11.6. The number of aryl methyl sites for hydroxylation is 1. The first kappa shape index (κ1) is 16.2. The molecule has 0 fully saturated rings. The van der Waals surface area contributed by atoms with Gasteiger partial charge in [0.1, 0.15) is 11.2 Å². The Kier molecular flexibility index (Phi) is 5.72. The number of nitrogens with zero attached hydrogens (tertiary/aromatic N) is 3. The van der Waals surface area contributed by atoms with Crippen molar-refractivity contribution in [1.29, 1.82) is 0 Å². The summed E-state index contributed by atoms with van der Waals surface area (Å²) in [7, 11) is 0. The van der Waals surface area contributed by atoms with Gasteiger partial charge >= 0.3 is 0 Å². The van der Waals surface area contributed by atoms with Crippen LogP contribution in [0.4, 0.5) is 0 Å². The molecule has 22 heavy (non-hydrogen) atoms. The molecule has 5 heteroatoms. The van der Waals surface area contributed by atoms with Crippen molar-refractivity contribution in [2.45, 2.75) is 39.2 Å². The zero-order chi connectivity index (χ0) is 15.9. The molecule has 118 valence electrons. The topological polar surface area (TPSA) is 76.4 Å². The smallest absolute Gasteiger partial charge is 0.150 e. The number of allylic oxidation sites excluding steroid dienone is 4. The number of hydrogen-bond donors (Lipinski definition) is 2. The van der Waals surface area contributed by atoms with Gasteiger partial charge in [-0.3, -0.25) is 0 Å². The predicted molar refractivity (Wildman–Crippen MR) is 90.6 cm³/mol. The third-order valence-corrected chi connectivity index (χ3v) is 3.75. The monoisotopic (exact) mass is 300 g/mol. The maximum atomic E-state index is 9.02. The van der Waals surface area contributed by atoms with E-state index >= 15 is 0 Å². The second kappa shape index (κ2) is 7.75. The van der Waals surface area contributed by atoms with Crippen LogP contribution in [0.5, 0.6) is 0 Å². The van der Waals surface area contributed by atoms with Gasteiger partial charge in [-0.25, -0.2) is 9.98 Å². The second-order valence-electron chi connectivity index (χ2n) is 5.22. The van der Waals surface area contributed by atoms with Gasteiger partial charge in [0.25, 0.3) is 0 Å². The highest BCUT2D eigenvalue weighted by atomic mass is 16.2. The van der Waals surface area contributed by atoms with Crippen molar-refractivity contribution in [2.24, 2.45) is 10.7 Å². The second-order valence-corrected chi connectivity index (χ2v) is 5.22. The maximum Gasteiger partial charge on any atom is 0.150 e. The fraction of sp³-hybridized carbons (Fsp3) is 0.412. The van der Waals surface area contributed by atoms with Crippen molar-refractivity contribution in [2.75, 3.05) is 6.61 Å². The number of aliphatic hydroxyl groups is 1. The zero-order valence-corrected chi connectivity index (χ0v) is 13.1. The molecule has 0 saturated carbocycles. The van der Waals surface area contributed by atoms with Crippen LogP contribution in [0.1, 0.15) is 32.0 Å². The van der Waals surface area contributed by atoms with Crippen LogP contribution < -0.4 is 16.4 Å². The highest BCUT2D eigenvalue weighted by Gasteiger charge is 2.11. The van der Waals surface area contributed by atoms with E-state index in [0.29, 0.717) is 11.2 Å². The number of imidazole rings is 1. The third-order valence-electron chi connectivity index (χ3n) is 3.75. The Balaban J connectivity index is 2.70. The standard InChI is InChI=1S/C17H24N4O/c1-3-14-20-15(17(18)19-2)16(13-9-5-4-6-10-13)21(14)11-7-8-12-22/h4-6,9,22H,2-3,7-8,10-12,18H2,1H3/b16-13+,17-15+. The summed E-state index contributed by atoms with van der Waals surface area (Å²) in [4.78, 5) is 8.55. The third kappa shape index (κ3) is 3.36. The van der Waals surface area contributed by atoms with Crippen LogP contribution in [0.25, 0.3) is 11.4 Å². The molecule has 0 aromatic carbocycles. The lowest BCUT2D eigenvalue weighted by Gasteiger charge is -2.09. The summed E-state index contributed by atoms with van der Waals surface area (Å²) in [6, 6.07) is 0. The molecular formula is C17H24N4O. The van der Waals surface area contributed by atoms with Crippen LogP contribution in [0.2, 0.25) is 0 Å². The van der Waals surface area contributed by atoms with Crippen molar-refractivity contribution in [3.8, 4) is 0 Å². The first-order chi connectivity index (χ1) is 10.7. The van der Waals surface area contributed by atoms with E-state index in [1.807, 2.05) is 12.2 Å². The van der Waals surface area contributed by atoms with E-state index in [4.69, 9.17) is 10.8 Å². The molecule has 0 bridgehead atoms. The average Bonchev–Trinajstić information content (AvgIpc) is 2.94. The molecule has 0 atom stereocenters. The first-order valence-electron chi connectivity index (χ1n) is 7.72. The minimum absolute atomic E-state index is 0.208. The number of aliphatic imine (C=N–C) groups is 1. The molecule has 5 nitrogen and oxygen atoms in total. The van der Waals surface area contributed by atoms with E-state index in [0.717, 1.165) is 43.4 Å². The van der Waals surface area contributed by atoms with Gasteiger partial charge in [0, 0.05) is 19.6 Å². The number of hydrogen-bond acceptors (Lipinski definition) is 4. The molecule has 0 saturated heterocycles. The molecule has 1 aliphatic carbocycles. The lowest BCUT2D eigenvalue weighted by Crippen LogP contribution is -2.36.